The summed E-state index contributed by atoms with van der Waals surface area (Å²) in [6.07, 6.45) is 1.97. The predicted molar refractivity (Wildman–Crippen MR) is 80.9 cm³/mol. The molecule has 0 aliphatic carbocycles. The van der Waals surface area contributed by atoms with Gasteiger partial charge in [0.15, 0.2) is 0 Å². The van der Waals surface area contributed by atoms with E-state index in [9.17, 15) is 4.79 Å². The molecule has 1 aromatic carbocycles. The molecule has 0 unspecified atom stereocenters. The van der Waals surface area contributed by atoms with Gasteiger partial charge in [0.25, 0.3) is 5.56 Å². The first kappa shape index (κ1) is 12.7. The van der Waals surface area contributed by atoms with Crippen LogP contribution in [0.1, 0.15) is 18.5 Å². The van der Waals surface area contributed by atoms with Crippen molar-refractivity contribution in [2.24, 2.45) is 12.0 Å². The Hall–Kier alpha value is -2.30. The molecule has 1 aliphatic heterocycles. The highest BCUT2D eigenvalue weighted by molar-refractivity contribution is 5.96. The molecule has 1 aliphatic rings. The fourth-order valence-corrected chi connectivity index (χ4v) is 2.50. The number of para-hydroxylation sites is 1. The van der Waals surface area contributed by atoms with E-state index < -0.39 is 0 Å². The summed E-state index contributed by atoms with van der Waals surface area (Å²) >= 11 is 0. The zero-order chi connectivity index (χ0) is 14.1. The van der Waals surface area contributed by atoms with Crippen molar-refractivity contribution in [3.8, 4) is 5.69 Å². The van der Waals surface area contributed by atoms with Gasteiger partial charge in [-0.3, -0.25) is 14.5 Å². The van der Waals surface area contributed by atoms with Crippen LogP contribution < -0.4 is 10.9 Å². The number of aromatic nitrogens is 2. The van der Waals surface area contributed by atoms with E-state index in [0.29, 0.717) is 5.69 Å². The second kappa shape index (κ2) is 5.00. The molecule has 0 spiro atoms. The second-order valence-electron chi connectivity index (χ2n) is 4.99. The fraction of sp³-hybridized carbons (Fsp3) is 0.333. The minimum atomic E-state index is -0.0363. The second-order valence-corrected chi connectivity index (χ2v) is 4.99. The summed E-state index contributed by atoms with van der Waals surface area (Å²) in [6, 6.07) is 9.66. The Morgan fingerprint density at radius 3 is 2.65 bits per heavy atom. The number of anilines is 1. The topological polar surface area (TPSA) is 51.3 Å². The number of hydrogen-bond acceptors (Lipinski definition) is 3. The van der Waals surface area contributed by atoms with Crippen LogP contribution in [0.4, 0.5) is 5.69 Å². The SMILES string of the molecule is Cc1c(NC2=NCCC2)c(=O)n(-c2ccccc2)n1C. The van der Waals surface area contributed by atoms with Crippen molar-refractivity contribution in [2.75, 3.05) is 11.9 Å². The highest BCUT2D eigenvalue weighted by Gasteiger charge is 2.18. The van der Waals surface area contributed by atoms with Crippen LogP contribution in [0.15, 0.2) is 40.1 Å². The van der Waals surface area contributed by atoms with Gasteiger partial charge in [-0.2, -0.15) is 0 Å². The van der Waals surface area contributed by atoms with E-state index in [0.717, 1.165) is 36.6 Å². The lowest BCUT2D eigenvalue weighted by atomic mass is 10.3. The van der Waals surface area contributed by atoms with E-state index in [1.54, 1.807) is 4.68 Å². The zero-order valence-electron chi connectivity index (χ0n) is 11.8. The molecule has 104 valence electrons. The Labute approximate surface area is 117 Å². The van der Waals surface area contributed by atoms with E-state index in [1.165, 1.54) is 0 Å². The molecule has 5 heteroatoms. The van der Waals surface area contributed by atoms with Crippen molar-refractivity contribution in [1.29, 1.82) is 0 Å². The number of hydrogen-bond donors (Lipinski definition) is 1. The summed E-state index contributed by atoms with van der Waals surface area (Å²) in [5, 5.41) is 3.20. The predicted octanol–water partition coefficient (Wildman–Crippen LogP) is 2.09. The number of nitrogens with zero attached hydrogens (tertiary/aromatic N) is 3. The van der Waals surface area contributed by atoms with E-state index >= 15 is 0 Å². The van der Waals surface area contributed by atoms with Gasteiger partial charge in [-0.05, 0) is 25.5 Å². The van der Waals surface area contributed by atoms with Crippen LogP contribution >= 0.6 is 0 Å². The molecule has 0 atom stereocenters. The van der Waals surface area contributed by atoms with Crippen molar-refractivity contribution in [2.45, 2.75) is 19.8 Å². The van der Waals surface area contributed by atoms with Gasteiger partial charge in [0.05, 0.1) is 11.4 Å². The number of rotatable bonds is 2. The summed E-state index contributed by atoms with van der Waals surface area (Å²) < 4.78 is 3.54. The van der Waals surface area contributed by atoms with E-state index in [1.807, 2.05) is 49.0 Å². The first-order valence-corrected chi connectivity index (χ1v) is 6.83. The third-order valence-corrected chi connectivity index (χ3v) is 3.70. The van der Waals surface area contributed by atoms with Gasteiger partial charge in [0, 0.05) is 20.0 Å². The highest BCUT2D eigenvalue weighted by atomic mass is 16.1. The molecule has 0 radical (unpaired) electrons. The molecular formula is C15H18N4O. The zero-order valence-corrected chi connectivity index (χ0v) is 11.8. The first-order chi connectivity index (χ1) is 9.68. The molecule has 0 amide bonds. The van der Waals surface area contributed by atoms with Crippen LogP contribution in [-0.2, 0) is 7.05 Å². The van der Waals surface area contributed by atoms with Crippen molar-refractivity contribution in [3.63, 3.8) is 0 Å². The van der Waals surface area contributed by atoms with E-state index in [4.69, 9.17) is 0 Å². The van der Waals surface area contributed by atoms with Crippen LogP contribution in [0.3, 0.4) is 0 Å². The third kappa shape index (κ3) is 2.05. The first-order valence-electron chi connectivity index (χ1n) is 6.83. The van der Waals surface area contributed by atoms with Gasteiger partial charge >= 0.3 is 0 Å². The molecule has 0 bridgehead atoms. The van der Waals surface area contributed by atoms with Gasteiger partial charge in [-0.15, -0.1) is 0 Å². The smallest absolute Gasteiger partial charge is 0.295 e. The van der Waals surface area contributed by atoms with Crippen molar-refractivity contribution < 1.29 is 0 Å². The summed E-state index contributed by atoms with van der Waals surface area (Å²) in [5.74, 6) is 0.913. The minimum absolute atomic E-state index is 0.0363. The fourth-order valence-electron chi connectivity index (χ4n) is 2.50. The normalized spacial score (nSPS) is 14.4. The summed E-state index contributed by atoms with van der Waals surface area (Å²) in [4.78, 5) is 17.0. The van der Waals surface area contributed by atoms with Crippen molar-refractivity contribution >= 4 is 11.5 Å². The maximum absolute atomic E-state index is 12.6. The monoisotopic (exact) mass is 270 g/mol. The molecule has 5 nitrogen and oxygen atoms in total. The van der Waals surface area contributed by atoms with Crippen LogP contribution in [-0.4, -0.2) is 21.7 Å². The minimum Gasteiger partial charge on any atom is -0.338 e. The maximum atomic E-state index is 12.6. The highest BCUT2D eigenvalue weighted by Crippen LogP contribution is 2.15. The van der Waals surface area contributed by atoms with Gasteiger partial charge < -0.3 is 5.32 Å². The molecule has 0 saturated heterocycles. The quantitative estimate of drug-likeness (QED) is 0.908. The van der Waals surface area contributed by atoms with Crippen LogP contribution in [0, 0.1) is 6.92 Å². The molecule has 2 heterocycles. The maximum Gasteiger partial charge on any atom is 0.295 e. The lowest BCUT2D eigenvalue weighted by Gasteiger charge is -2.07. The van der Waals surface area contributed by atoms with Crippen molar-refractivity contribution in [1.82, 2.24) is 9.36 Å². The Morgan fingerprint density at radius 2 is 2.00 bits per heavy atom. The van der Waals surface area contributed by atoms with E-state index in [-0.39, 0.29) is 5.56 Å². The van der Waals surface area contributed by atoms with Crippen LogP contribution in [0.2, 0.25) is 0 Å². The van der Waals surface area contributed by atoms with Gasteiger partial charge in [-0.25, -0.2) is 4.68 Å². The number of nitrogens with one attached hydrogen (secondary N) is 1. The molecule has 1 aromatic heterocycles. The lowest BCUT2D eigenvalue weighted by molar-refractivity contribution is 0.630. The Bertz CT molecular complexity index is 709. The molecule has 2 aromatic rings. The summed E-state index contributed by atoms with van der Waals surface area (Å²) in [5.41, 5.74) is 2.36. The molecule has 0 fully saturated rings. The van der Waals surface area contributed by atoms with Crippen LogP contribution in [0.25, 0.3) is 5.69 Å². The van der Waals surface area contributed by atoms with Gasteiger partial charge in [-0.1, -0.05) is 18.2 Å². The Kier molecular flexibility index (Phi) is 3.18. The van der Waals surface area contributed by atoms with Crippen LogP contribution in [0.5, 0.6) is 0 Å². The third-order valence-electron chi connectivity index (χ3n) is 3.70. The van der Waals surface area contributed by atoms with Gasteiger partial charge in [0.2, 0.25) is 0 Å². The average molecular weight is 270 g/mol. The number of amidine groups is 1. The average Bonchev–Trinajstić information content (AvgIpc) is 3.04. The molecular weight excluding hydrogens is 252 g/mol. The van der Waals surface area contributed by atoms with Crippen molar-refractivity contribution in [3.05, 3.63) is 46.4 Å². The molecule has 20 heavy (non-hydrogen) atoms. The Balaban J connectivity index is 2.07. The Morgan fingerprint density at radius 1 is 1.25 bits per heavy atom. The molecule has 3 rings (SSSR count). The molecule has 0 saturated carbocycles. The number of benzene rings is 1. The lowest BCUT2D eigenvalue weighted by Crippen LogP contribution is -2.22. The summed E-state index contributed by atoms with van der Waals surface area (Å²) in [7, 11) is 1.89. The standard InChI is InChI=1S/C15H18N4O/c1-11-14(17-13-9-6-10-16-13)15(20)19(18(11)2)12-7-4-3-5-8-12/h3-5,7-8H,6,9-10H2,1-2H3,(H,16,17). The largest absolute Gasteiger partial charge is 0.338 e. The number of aliphatic imine (C=N–C) groups is 1. The molecule has 1 N–H and O–H groups in total. The van der Waals surface area contributed by atoms with Gasteiger partial charge in [0.1, 0.15) is 11.5 Å². The van der Waals surface area contributed by atoms with E-state index in [2.05, 4.69) is 10.3 Å². The summed E-state index contributed by atoms with van der Waals surface area (Å²) in [6.45, 7) is 2.79.